The van der Waals surface area contributed by atoms with E-state index < -0.39 is 23.8 Å². The van der Waals surface area contributed by atoms with Crippen molar-refractivity contribution in [1.29, 1.82) is 0 Å². The molecular weight excluding hydrogens is 495 g/mol. The molecule has 7 nitrogen and oxygen atoms in total. The van der Waals surface area contributed by atoms with Gasteiger partial charge in [-0.3, -0.25) is 14.2 Å². The molecule has 3 amide bonds. The van der Waals surface area contributed by atoms with Gasteiger partial charge in [-0.15, -0.1) is 0 Å². The number of nitrogens with zero attached hydrogens (tertiary/aromatic N) is 2. The number of fused-ring (bicyclic) bond motifs is 1. The predicted octanol–water partition coefficient (Wildman–Crippen LogP) is 5.23. The Bertz CT molecular complexity index is 1540. The number of halogens is 2. The lowest BCUT2D eigenvalue weighted by molar-refractivity contribution is -0.120. The van der Waals surface area contributed by atoms with Crippen LogP contribution < -0.4 is 16.2 Å². The van der Waals surface area contributed by atoms with Gasteiger partial charge in [0.1, 0.15) is 11.9 Å². The third kappa shape index (κ3) is 5.24. The fraction of sp³-hybridized carbons (Fsp3) is 0.107. The molecule has 186 valence electrons. The molecule has 0 saturated carbocycles. The first-order valence-corrected chi connectivity index (χ1v) is 12.0. The highest BCUT2D eigenvalue weighted by Crippen LogP contribution is 2.26. The summed E-state index contributed by atoms with van der Waals surface area (Å²) in [6, 6.07) is 21.7. The van der Waals surface area contributed by atoms with E-state index in [1.807, 2.05) is 24.3 Å². The van der Waals surface area contributed by atoms with E-state index >= 15 is 0 Å². The molecule has 1 atom stereocenters. The third-order valence-electron chi connectivity index (χ3n) is 6.22. The largest absolute Gasteiger partial charge is 0.322 e. The van der Waals surface area contributed by atoms with Crippen molar-refractivity contribution in [2.45, 2.75) is 19.0 Å². The Morgan fingerprint density at radius 1 is 0.892 bits per heavy atom. The molecule has 1 aromatic heterocycles. The number of hydrogen-bond donors (Lipinski definition) is 2. The minimum Gasteiger partial charge on any atom is -0.322 e. The van der Waals surface area contributed by atoms with Crippen molar-refractivity contribution in [3.05, 3.63) is 123 Å². The number of urea groups is 1. The van der Waals surface area contributed by atoms with Gasteiger partial charge >= 0.3 is 6.03 Å². The zero-order valence-corrected chi connectivity index (χ0v) is 20.3. The molecule has 0 saturated heterocycles. The molecule has 9 heteroatoms. The molecule has 0 aliphatic carbocycles. The Morgan fingerprint density at radius 3 is 2.35 bits per heavy atom. The zero-order valence-electron chi connectivity index (χ0n) is 19.5. The standard InChI is InChI=1S/C28H22ClFN4O3/c29-20-8-10-21(11-9-20)31-28(37)34-17-19-6-2-1-5-18(19)15-25(34)27(36)32-24-13-12-22(16-23(24)30)33-14-4-3-7-26(33)35/h1-14,16,25H,15,17H2,(H,31,37)(H,32,36)/t25-/m0/s1. The minimum atomic E-state index is -0.877. The summed E-state index contributed by atoms with van der Waals surface area (Å²) in [6.07, 6.45) is 1.81. The molecule has 0 spiro atoms. The second kappa shape index (κ2) is 10.3. The maximum absolute atomic E-state index is 15.0. The van der Waals surface area contributed by atoms with Gasteiger partial charge in [-0.25, -0.2) is 9.18 Å². The summed E-state index contributed by atoms with van der Waals surface area (Å²) in [4.78, 5) is 40.1. The SMILES string of the molecule is O=C(Nc1ccc(-n2ccccc2=O)cc1F)[C@@H]1Cc2ccccc2CN1C(=O)Nc1ccc(Cl)cc1. The summed E-state index contributed by atoms with van der Waals surface area (Å²) in [7, 11) is 0. The van der Waals surface area contributed by atoms with E-state index in [9.17, 15) is 18.8 Å². The first-order valence-electron chi connectivity index (χ1n) is 11.6. The first-order chi connectivity index (χ1) is 17.9. The summed E-state index contributed by atoms with van der Waals surface area (Å²) in [5.74, 6) is -1.22. The zero-order chi connectivity index (χ0) is 25.9. The molecule has 3 aromatic carbocycles. The van der Waals surface area contributed by atoms with Gasteiger partial charge in [0.15, 0.2) is 0 Å². The lowest BCUT2D eigenvalue weighted by atomic mass is 9.93. The summed E-state index contributed by atoms with van der Waals surface area (Å²) in [5.41, 5.74) is 2.39. The van der Waals surface area contributed by atoms with Crippen LogP contribution in [0.5, 0.6) is 0 Å². The van der Waals surface area contributed by atoms with Gasteiger partial charge in [-0.2, -0.15) is 0 Å². The van der Waals surface area contributed by atoms with Crippen LogP contribution in [0.25, 0.3) is 5.69 Å². The van der Waals surface area contributed by atoms with Crippen LogP contribution in [0.3, 0.4) is 0 Å². The molecule has 0 unspecified atom stereocenters. The van der Waals surface area contributed by atoms with Gasteiger partial charge < -0.3 is 15.5 Å². The van der Waals surface area contributed by atoms with E-state index in [4.69, 9.17) is 11.6 Å². The monoisotopic (exact) mass is 516 g/mol. The molecule has 1 aliphatic rings. The summed E-state index contributed by atoms with van der Waals surface area (Å²) in [5, 5.41) is 5.96. The molecule has 0 radical (unpaired) electrons. The van der Waals surface area contributed by atoms with Gasteiger partial charge in [-0.05, 0) is 53.6 Å². The number of rotatable bonds is 4. The number of nitrogens with one attached hydrogen (secondary N) is 2. The van der Waals surface area contributed by atoms with Crippen LogP contribution in [0.15, 0.2) is 95.9 Å². The van der Waals surface area contributed by atoms with Crippen molar-refractivity contribution in [2.75, 3.05) is 10.6 Å². The second-order valence-electron chi connectivity index (χ2n) is 8.62. The highest BCUT2D eigenvalue weighted by Gasteiger charge is 2.35. The number of benzene rings is 3. The smallest absolute Gasteiger partial charge is 0.322 e. The van der Waals surface area contributed by atoms with Gasteiger partial charge in [0.2, 0.25) is 5.91 Å². The Labute approximate surface area is 217 Å². The number of carbonyl (C=O) groups excluding carboxylic acids is 2. The summed E-state index contributed by atoms with van der Waals surface area (Å²) < 4.78 is 16.3. The lowest BCUT2D eigenvalue weighted by Crippen LogP contribution is -2.52. The van der Waals surface area contributed by atoms with Crippen molar-refractivity contribution in [3.63, 3.8) is 0 Å². The molecule has 1 aliphatic heterocycles. The van der Waals surface area contributed by atoms with E-state index in [0.29, 0.717) is 16.4 Å². The molecular formula is C28H22ClFN4O3. The van der Waals surface area contributed by atoms with Gasteiger partial charge in [0, 0.05) is 42.0 Å². The highest BCUT2D eigenvalue weighted by molar-refractivity contribution is 6.30. The Morgan fingerprint density at radius 2 is 1.62 bits per heavy atom. The van der Waals surface area contributed by atoms with E-state index in [1.165, 1.54) is 33.9 Å². The maximum atomic E-state index is 15.0. The Hall–Kier alpha value is -4.43. The summed E-state index contributed by atoms with van der Waals surface area (Å²) >= 11 is 5.94. The average molecular weight is 517 g/mol. The molecule has 4 aromatic rings. The van der Waals surface area contributed by atoms with Gasteiger partial charge in [0.25, 0.3) is 5.56 Å². The number of hydrogen-bond acceptors (Lipinski definition) is 3. The predicted molar refractivity (Wildman–Crippen MR) is 141 cm³/mol. The molecule has 0 bridgehead atoms. The molecule has 0 fully saturated rings. The minimum absolute atomic E-state index is 0.0466. The van der Waals surface area contributed by atoms with Crippen molar-refractivity contribution in [2.24, 2.45) is 0 Å². The van der Waals surface area contributed by atoms with Crippen LogP contribution in [0, 0.1) is 5.82 Å². The van der Waals surface area contributed by atoms with Crippen LogP contribution in [-0.4, -0.2) is 27.4 Å². The average Bonchev–Trinajstić information content (AvgIpc) is 2.90. The molecule has 5 rings (SSSR count). The second-order valence-corrected chi connectivity index (χ2v) is 9.05. The molecule has 37 heavy (non-hydrogen) atoms. The lowest BCUT2D eigenvalue weighted by Gasteiger charge is -2.36. The van der Waals surface area contributed by atoms with Gasteiger partial charge in [-0.1, -0.05) is 41.9 Å². The first kappa shape index (κ1) is 24.3. The Balaban J connectivity index is 1.39. The van der Waals surface area contributed by atoms with Crippen molar-refractivity contribution in [1.82, 2.24) is 9.47 Å². The van der Waals surface area contributed by atoms with Crippen LogP contribution in [0.1, 0.15) is 11.1 Å². The van der Waals surface area contributed by atoms with Crippen LogP contribution in [0.2, 0.25) is 5.02 Å². The van der Waals surface area contributed by atoms with E-state index in [0.717, 1.165) is 11.1 Å². The summed E-state index contributed by atoms with van der Waals surface area (Å²) in [6.45, 7) is 0.214. The van der Waals surface area contributed by atoms with Crippen molar-refractivity contribution < 1.29 is 14.0 Å². The number of pyridine rings is 1. The van der Waals surface area contributed by atoms with Crippen molar-refractivity contribution in [3.8, 4) is 5.69 Å². The van der Waals surface area contributed by atoms with Crippen molar-refractivity contribution >= 4 is 34.9 Å². The Kier molecular flexibility index (Phi) is 6.74. The van der Waals surface area contributed by atoms with E-state index in [-0.39, 0.29) is 24.2 Å². The van der Waals surface area contributed by atoms with Gasteiger partial charge in [0.05, 0.1) is 11.4 Å². The fourth-order valence-electron chi connectivity index (χ4n) is 4.31. The van der Waals surface area contributed by atoms with Crippen LogP contribution >= 0.6 is 11.6 Å². The quantitative estimate of drug-likeness (QED) is 0.390. The van der Waals surface area contributed by atoms with E-state index in [2.05, 4.69) is 10.6 Å². The molecule has 2 heterocycles. The fourth-order valence-corrected chi connectivity index (χ4v) is 4.44. The normalized spacial score (nSPS) is 14.5. The maximum Gasteiger partial charge on any atom is 0.322 e. The van der Waals surface area contributed by atoms with Crippen LogP contribution in [0.4, 0.5) is 20.6 Å². The van der Waals surface area contributed by atoms with Crippen LogP contribution in [-0.2, 0) is 17.8 Å². The number of amides is 3. The number of aromatic nitrogens is 1. The number of anilines is 2. The molecule has 2 N–H and O–H groups in total. The topological polar surface area (TPSA) is 83.4 Å². The van der Waals surface area contributed by atoms with E-state index in [1.54, 1.807) is 42.5 Å². The third-order valence-corrected chi connectivity index (χ3v) is 6.47. The highest BCUT2D eigenvalue weighted by atomic mass is 35.5. The number of carbonyl (C=O) groups is 2.